The van der Waals surface area contributed by atoms with Crippen molar-refractivity contribution in [2.24, 2.45) is 0 Å². The molecule has 1 amide bonds. The molecule has 1 fully saturated rings. The molecule has 1 aromatic rings. The summed E-state index contributed by atoms with van der Waals surface area (Å²) in [6, 6.07) is 5.62. The molecule has 0 radical (unpaired) electrons. The van der Waals surface area contributed by atoms with E-state index in [1.54, 1.807) is 0 Å². The number of morpholine rings is 1. The van der Waals surface area contributed by atoms with Crippen LogP contribution in [0.1, 0.15) is 38.1 Å². The second-order valence-corrected chi connectivity index (χ2v) is 9.11. The quantitative estimate of drug-likeness (QED) is 0.747. The van der Waals surface area contributed by atoms with E-state index in [-0.39, 0.29) is 35.8 Å². The molecule has 0 aliphatic carbocycles. The summed E-state index contributed by atoms with van der Waals surface area (Å²) in [7, 11) is -2.44. The lowest BCUT2D eigenvalue weighted by molar-refractivity contribution is -0.146. The van der Waals surface area contributed by atoms with Gasteiger partial charge >= 0.3 is 5.97 Å². The van der Waals surface area contributed by atoms with Crippen molar-refractivity contribution in [2.45, 2.75) is 50.3 Å². The van der Waals surface area contributed by atoms with Crippen molar-refractivity contribution in [2.75, 3.05) is 20.2 Å². The number of carbonyl (C=O) groups is 2. The molecule has 1 heterocycles. The SMILES string of the molecule is COC(=O)C(C)(C)NC(=O)c1ccc(S(=O)(=O)N2CC(C)OC(C)C2)cc1. The first-order chi connectivity index (χ1) is 12.5. The van der Waals surface area contributed by atoms with Crippen LogP contribution < -0.4 is 5.32 Å². The first kappa shape index (κ1) is 21.3. The summed E-state index contributed by atoms with van der Waals surface area (Å²) < 4.78 is 37.3. The van der Waals surface area contributed by atoms with Crippen molar-refractivity contribution in [1.82, 2.24) is 9.62 Å². The topological polar surface area (TPSA) is 102 Å². The van der Waals surface area contributed by atoms with Gasteiger partial charge in [0.1, 0.15) is 5.54 Å². The van der Waals surface area contributed by atoms with Crippen LogP contribution in [0.2, 0.25) is 0 Å². The Kier molecular flexibility index (Phi) is 6.28. The molecular weight excluding hydrogens is 372 g/mol. The predicted octanol–water partition coefficient (Wildman–Crippen LogP) is 1.17. The standard InChI is InChI=1S/C18H26N2O6S/c1-12-10-20(11-13(2)26-12)27(23,24)15-8-6-14(7-9-15)16(21)19-18(3,4)17(22)25-5/h6-9,12-13H,10-11H2,1-5H3,(H,19,21). The summed E-state index contributed by atoms with van der Waals surface area (Å²) in [5.41, 5.74) is -0.953. The molecule has 2 rings (SSSR count). The highest BCUT2D eigenvalue weighted by molar-refractivity contribution is 7.89. The zero-order valence-electron chi connectivity index (χ0n) is 16.2. The van der Waals surface area contributed by atoms with Crippen LogP contribution in [0.15, 0.2) is 29.2 Å². The van der Waals surface area contributed by atoms with Gasteiger partial charge in [-0.25, -0.2) is 13.2 Å². The monoisotopic (exact) mass is 398 g/mol. The molecule has 2 unspecified atom stereocenters. The van der Waals surface area contributed by atoms with Crippen molar-refractivity contribution < 1.29 is 27.5 Å². The van der Waals surface area contributed by atoms with Gasteiger partial charge in [0.15, 0.2) is 0 Å². The fourth-order valence-corrected chi connectivity index (χ4v) is 4.51. The molecule has 27 heavy (non-hydrogen) atoms. The van der Waals surface area contributed by atoms with E-state index in [9.17, 15) is 18.0 Å². The number of rotatable bonds is 5. The summed E-state index contributed by atoms with van der Waals surface area (Å²) in [5.74, 6) is -1.08. The molecule has 0 bridgehead atoms. The van der Waals surface area contributed by atoms with Gasteiger partial charge in [-0.1, -0.05) is 0 Å². The minimum atomic E-state index is -3.68. The predicted molar refractivity (Wildman–Crippen MR) is 98.8 cm³/mol. The molecule has 1 N–H and O–H groups in total. The van der Waals surface area contributed by atoms with Gasteiger partial charge in [0.2, 0.25) is 10.0 Å². The number of benzene rings is 1. The van der Waals surface area contributed by atoms with Crippen LogP contribution in [0.25, 0.3) is 0 Å². The lowest BCUT2D eigenvalue weighted by Gasteiger charge is -2.34. The van der Waals surface area contributed by atoms with Crippen LogP contribution in [0.3, 0.4) is 0 Å². The highest BCUT2D eigenvalue weighted by Crippen LogP contribution is 2.21. The van der Waals surface area contributed by atoms with Crippen LogP contribution in [-0.2, 0) is 24.3 Å². The molecule has 1 aliphatic heterocycles. The number of nitrogens with zero attached hydrogens (tertiary/aromatic N) is 1. The average molecular weight is 398 g/mol. The van der Waals surface area contributed by atoms with Crippen LogP contribution in [0, 0.1) is 0 Å². The molecule has 1 aliphatic rings. The third-order valence-corrected chi connectivity index (χ3v) is 6.11. The van der Waals surface area contributed by atoms with Crippen LogP contribution in [0.4, 0.5) is 0 Å². The third-order valence-electron chi connectivity index (χ3n) is 4.26. The van der Waals surface area contributed by atoms with Gasteiger partial charge < -0.3 is 14.8 Å². The van der Waals surface area contributed by atoms with E-state index in [0.29, 0.717) is 0 Å². The zero-order chi connectivity index (χ0) is 20.4. The van der Waals surface area contributed by atoms with E-state index in [0.717, 1.165) is 0 Å². The number of amides is 1. The number of hydrogen-bond acceptors (Lipinski definition) is 6. The fourth-order valence-electron chi connectivity index (χ4n) is 2.92. The van der Waals surface area contributed by atoms with Crippen molar-refractivity contribution in [3.63, 3.8) is 0 Å². The fraction of sp³-hybridized carbons (Fsp3) is 0.556. The highest BCUT2D eigenvalue weighted by Gasteiger charge is 2.33. The largest absolute Gasteiger partial charge is 0.467 e. The van der Waals surface area contributed by atoms with Gasteiger partial charge in [0.05, 0.1) is 24.2 Å². The van der Waals surface area contributed by atoms with Crippen LogP contribution in [-0.4, -0.2) is 62.5 Å². The second kappa shape index (κ2) is 7.95. The molecule has 150 valence electrons. The number of esters is 1. The summed E-state index contributed by atoms with van der Waals surface area (Å²) in [5, 5.41) is 2.57. The van der Waals surface area contributed by atoms with E-state index in [1.807, 2.05) is 13.8 Å². The minimum Gasteiger partial charge on any atom is -0.467 e. The average Bonchev–Trinajstić information content (AvgIpc) is 2.59. The summed E-state index contributed by atoms with van der Waals surface area (Å²) in [6.45, 7) is 7.26. The van der Waals surface area contributed by atoms with E-state index in [1.165, 1.54) is 49.5 Å². The number of carbonyl (C=O) groups excluding carboxylic acids is 2. The van der Waals surface area contributed by atoms with Crippen LogP contribution >= 0.6 is 0 Å². The molecule has 0 spiro atoms. The Morgan fingerprint density at radius 3 is 2.15 bits per heavy atom. The maximum Gasteiger partial charge on any atom is 0.330 e. The highest BCUT2D eigenvalue weighted by atomic mass is 32.2. The Bertz CT molecular complexity index is 794. The minimum absolute atomic E-state index is 0.104. The molecule has 0 saturated carbocycles. The number of sulfonamides is 1. The van der Waals surface area contributed by atoms with Gasteiger partial charge in [-0.05, 0) is 52.0 Å². The zero-order valence-corrected chi connectivity index (χ0v) is 17.0. The molecule has 1 saturated heterocycles. The third kappa shape index (κ3) is 4.85. The van der Waals surface area contributed by atoms with E-state index in [2.05, 4.69) is 10.1 Å². The lowest BCUT2D eigenvalue weighted by Crippen LogP contribution is -2.50. The van der Waals surface area contributed by atoms with Gasteiger partial charge in [-0.15, -0.1) is 0 Å². The molecular formula is C18H26N2O6S. The van der Waals surface area contributed by atoms with Gasteiger partial charge in [0, 0.05) is 18.7 Å². The molecule has 2 atom stereocenters. The number of hydrogen-bond donors (Lipinski definition) is 1. The van der Waals surface area contributed by atoms with Crippen molar-refractivity contribution >= 4 is 21.9 Å². The number of ether oxygens (including phenoxy) is 2. The van der Waals surface area contributed by atoms with Gasteiger partial charge in [-0.2, -0.15) is 4.31 Å². The molecule has 9 heteroatoms. The van der Waals surface area contributed by atoms with Gasteiger partial charge in [0.25, 0.3) is 5.91 Å². The molecule has 1 aromatic carbocycles. The van der Waals surface area contributed by atoms with Crippen molar-refractivity contribution in [3.8, 4) is 0 Å². The molecule has 8 nitrogen and oxygen atoms in total. The number of methoxy groups -OCH3 is 1. The summed E-state index contributed by atoms with van der Waals surface area (Å²) in [6.07, 6.45) is -0.372. The Balaban J connectivity index is 2.16. The smallest absolute Gasteiger partial charge is 0.330 e. The van der Waals surface area contributed by atoms with Crippen molar-refractivity contribution in [3.05, 3.63) is 29.8 Å². The van der Waals surface area contributed by atoms with Gasteiger partial charge in [-0.3, -0.25) is 4.79 Å². The lowest BCUT2D eigenvalue weighted by atomic mass is 10.1. The second-order valence-electron chi connectivity index (χ2n) is 7.17. The first-order valence-corrected chi connectivity index (χ1v) is 10.1. The van der Waals surface area contributed by atoms with E-state index >= 15 is 0 Å². The maximum atomic E-state index is 12.8. The summed E-state index contributed by atoms with van der Waals surface area (Å²) in [4.78, 5) is 24.1. The van der Waals surface area contributed by atoms with E-state index < -0.39 is 27.4 Å². The Labute approximate surface area is 159 Å². The Morgan fingerprint density at radius 2 is 1.67 bits per heavy atom. The van der Waals surface area contributed by atoms with Crippen molar-refractivity contribution in [1.29, 1.82) is 0 Å². The first-order valence-electron chi connectivity index (χ1n) is 8.64. The van der Waals surface area contributed by atoms with Crippen LogP contribution in [0.5, 0.6) is 0 Å². The Hall–Kier alpha value is -1.97. The normalized spacial score (nSPS) is 21.5. The molecule has 0 aromatic heterocycles. The Morgan fingerprint density at radius 1 is 1.15 bits per heavy atom. The van der Waals surface area contributed by atoms with E-state index in [4.69, 9.17) is 4.74 Å². The maximum absolute atomic E-state index is 12.8. The summed E-state index contributed by atoms with van der Waals surface area (Å²) >= 11 is 0. The number of nitrogens with one attached hydrogen (secondary N) is 1.